The molecule has 2 unspecified atom stereocenters. The lowest BCUT2D eigenvalue weighted by Gasteiger charge is -2.32. The quantitative estimate of drug-likeness (QED) is 0.870. The van der Waals surface area contributed by atoms with E-state index in [2.05, 4.69) is 5.32 Å². The van der Waals surface area contributed by atoms with Crippen LogP contribution in [0.25, 0.3) is 0 Å². The maximum atomic E-state index is 13.7. The van der Waals surface area contributed by atoms with E-state index in [9.17, 15) is 13.9 Å². The average Bonchev–Trinajstić information content (AvgIpc) is 2.29. The van der Waals surface area contributed by atoms with Crippen LogP contribution in [0.1, 0.15) is 38.2 Å². The Morgan fingerprint density at radius 3 is 2.78 bits per heavy atom. The summed E-state index contributed by atoms with van der Waals surface area (Å²) in [5, 5.41) is 13.7. The van der Waals surface area contributed by atoms with Crippen LogP contribution in [0.4, 0.5) is 8.78 Å². The van der Waals surface area contributed by atoms with Crippen molar-refractivity contribution in [3.8, 4) is 0 Å². The van der Waals surface area contributed by atoms with Gasteiger partial charge in [0.25, 0.3) is 0 Å². The fourth-order valence-corrected chi connectivity index (χ4v) is 2.61. The standard InChI is InChI=1S/C14H19F2NO/c1-14(18,9-11-4-2-3-7-17-11)12-6-5-10(15)8-13(12)16/h5-6,8,11,17-18H,2-4,7,9H2,1H3. The minimum Gasteiger partial charge on any atom is -0.385 e. The van der Waals surface area contributed by atoms with E-state index in [1.165, 1.54) is 12.1 Å². The van der Waals surface area contributed by atoms with E-state index in [0.29, 0.717) is 6.42 Å². The maximum Gasteiger partial charge on any atom is 0.132 e. The molecule has 0 radical (unpaired) electrons. The number of benzene rings is 1. The van der Waals surface area contributed by atoms with E-state index in [-0.39, 0.29) is 11.6 Å². The molecular weight excluding hydrogens is 236 g/mol. The van der Waals surface area contributed by atoms with Crippen molar-refractivity contribution in [2.75, 3.05) is 6.54 Å². The molecule has 1 aliphatic rings. The van der Waals surface area contributed by atoms with Crippen LogP contribution in [0.2, 0.25) is 0 Å². The summed E-state index contributed by atoms with van der Waals surface area (Å²) in [5.74, 6) is -1.31. The van der Waals surface area contributed by atoms with E-state index in [0.717, 1.165) is 31.9 Å². The molecule has 2 atom stereocenters. The smallest absolute Gasteiger partial charge is 0.132 e. The Balaban J connectivity index is 2.13. The lowest BCUT2D eigenvalue weighted by molar-refractivity contribution is 0.0297. The lowest BCUT2D eigenvalue weighted by Crippen LogP contribution is -2.40. The molecule has 100 valence electrons. The fraction of sp³-hybridized carbons (Fsp3) is 0.571. The van der Waals surface area contributed by atoms with Crippen molar-refractivity contribution >= 4 is 0 Å². The van der Waals surface area contributed by atoms with E-state index in [1.54, 1.807) is 6.92 Å². The van der Waals surface area contributed by atoms with Crippen LogP contribution >= 0.6 is 0 Å². The van der Waals surface area contributed by atoms with Crippen LogP contribution in [0.3, 0.4) is 0 Å². The van der Waals surface area contributed by atoms with Gasteiger partial charge in [-0.2, -0.15) is 0 Å². The minimum atomic E-state index is -1.27. The van der Waals surface area contributed by atoms with Crippen molar-refractivity contribution in [1.82, 2.24) is 5.32 Å². The van der Waals surface area contributed by atoms with Crippen molar-refractivity contribution in [2.45, 2.75) is 44.2 Å². The number of nitrogens with one attached hydrogen (secondary N) is 1. The van der Waals surface area contributed by atoms with Gasteiger partial charge in [-0.25, -0.2) is 8.78 Å². The molecule has 18 heavy (non-hydrogen) atoms. The number of rotatable bonds is 3. The van der Waals surface area contributed by atoms with Crippen molar-refractivity contribution in [3.05, 3.63) is 35.4 Å². The first-order chi connectivity index (χ1) is 8.49. The van der Waals surface area contributed by atoms with Crippen LogP contribution in [0.5, 0.6) is 0 Å². The summed E-state index contributed by atoms with van der Waals surface area (Å²) < 4.78 is 26.5. The lowest BCUT2D eigenvalue weighted by atomic mass is 9.86. The first kappa shape index (κ1) is 13.4. The highest BCUT2D eigenvalue weighted by molar-refractivity contribution is 5.24. The van der Waals surface area contributed by atoms with Gasteiger partial charge in [-0.15, -0.1) is 0 Å². The second-order valence-corrected chi connectivity index (χ2v) is 5.25. The number of piperidine rings is 1. The summed E-state index contributed by atoms with van der Waals surface area (Å²) in [4.78, 5) is 0. The molecule has 1 fully saturated rings. The Bertz CT molecular complexity index is 414. The molecule has 1 aromatic carbocycles. The highest BCUT2D eigenvalue weighted by Gasteiger charge is 2.30. The monoisotopic (exact) mass is 255 g/mol. The van der Waals surface area contributed by atoms with Gasteiger partial charge in [0, 0.05) is 17.7 Å². The molecule has 0 aromatic heterocycles. The molecule has 0 saturated carbocycles. The van der Waals surface area contributed by atoms with E-state index in [1.807, 2.05) is 0 Å². The molecule has 0 bridgehead atoms. The predicted octanol–water partition coefficient (Wildman–Crippen LogP) is 2.70. The summed E-state index contributed by atoms with van der Waals surface area (Å²) in [5.41, 5.74) is -1.11. The largest absolute Gasteiger partial charge is 0.385 e. The highest BCUT2D eigenvalue weighted by Crippen LogP contribution is 2.30. The number of hydrogen-bond acceptors (Lipinski definition) is 2. The first-order valence-corrected chi connectivity index (χ1v) is 6.40. The van der Waals surface area contributed by atoms with Gasteiger partial charge < -0.3 is 10.4 Å². The maximum absolute atomic E-state index is 13.7. The van der Waals surface area contributed by atoms with Crippen LogP contribution in [-0.2, 0) is 5.60 Å². The molecule has 2 nitrogen and oxygen atoms in total. The van der Waals surface area contributed by atoms with Gasteiger partial charge in [-0.1, -0.05) is 12.5 Å². The SMILES string of the molecule is CC(O)(CC1CCCCN1)c1ccc(F)cc1F. The van der Waals surface area contributed by atoms with Crippen molar-refractivity contribution < 1.29 is 13.9 Å². The zero-order chi connectivity index (χ0) is 13.2. The van der Waals surface area contributed by atoms with Gasteiger partial charge in [0.1, 0.15) is 11.6 Å². The van der Waals surface area contributed by atoms with Crippen molar-refractivity contribution in [3.63, 3.8) is 0 Å². The third-order valence-electron chi connectivity index (χ3n) is 3.57. The molecule has 2 rings (SSSR count). The zero-order valence-electron chi connectivity index (χ0n) is 10.5. The molecule has 0 spiro atoms. The van der Waals surface area contributed by atoms with Gasteiger partial charge in [-0.05, 0) is 38.8 Å². The third kappa shape index (κ3) is 3.06. The zero-order valence-corrected chi connectivity index (χ0v) is 10.5. The number of halogens is 2. The van der Waals surface area contributed by atoms with Gasteiger partial charge >= 0.3 is 0 Å². The Hall–Kier alpha value is -1.00. The third-order valence-corrected chi connectivity index (χ3v) is 3.57. The summed E-state index contributed by atoms with van der Waals surface area (Å²) in [6, 6.07) is 3.52. The van der Waals surface area contributed by atoms with E-state index in [4.69, 9.17) is 0 Å². The molecule has 4 heteroatoms. The predicted molar refractivity (Wildman–Crippen MR) is 66.2 cm³/mol. The molecule has 0 amide bonds. The first-order valence-electron chi connectivity index (χ1n) is 6.40. The summed E-state index contributed by atoms with van der Waals surface area (Å²) in [6.45, 7) is 2.52. The number of hydrogen-bond donors (Lipinski definition) is 2. The molecule has 1 heterocycles. The normalized spacial score (nSPS) is 23.7. The van der Waals surface area contributed by atoms with E-state index < -0.39 is 17.2 Å². The average molecular weight is 255 g/mol. The Morgan fingerprint density at radius 1 is 1.39 bits per heavy atom. The Kier molecular flexibility index (Phi) is 3.97. The molecule has 1 aromatic rings. The van der Waals surface area contributed by atoms with Gasteiger partial charge in [0.15, 0.2) is 0 Å². The second kappa shape index (κ2) is 5.33. The van der Waals surface area contributed by atoms with E-state index >= 15 is 0 Å². The van der Waals surface area contributed by atoms with Gasteiger partial charge in [-0.3, -0.25) is 0 Å². The summed E-state index contributed by atoms with van der Waals surface area (Å²) >= 11 is 0. The number of aliphatic hydroxyl groups is 1. The van der Waals surface area contributed by atoms with Gasteiger partial charge in [0.05, 0.1) is 5.60 Å². The summed E-state index contributed by atoms with van der Waals surface area (Å²) in [6.07, 6.45) is 3.69. The van der Waals surface area contributed by atoms with Crippen LogP contribution in [0.15, 0.2) is 18.2 Å². The fourth-order valence-electron chi connectivity index (χ4n) is 2.61. The van der Waals surface area contributed by atoms with Crippen molar-refractivity contribution in [1.29, 1.82) is 0 Å². The van der Waals surface area contributed by atoms with Crippen LogP contribution < -0.4 is 5.32 Å². The Morgan fingerprint density at radius 2 is 2.17 bits per heavy atom. The molecular formula is C14H19F2NO. The minimum absolute atomic E-state index is 0.163. The van der Waals surface area contributed by atoms with Crippen molar-refractivity contribution in [2.24, 2.45) is 0 Å². The molecule has 1 saturated heterocycles. The Labute approximate surface area is 106 Å². The molecule has 0 aliphatic carbocycles. The van der Waals surface area contributed by atoms with Crippen LogP contribution in [0, 0.1) is 11.6 Å². The van der Waals surface area contributed by atoms with Gasteiger partial charge in [0.2, 0.25) is 0 Å². The topological polar surface area (TPSA) is 32.3 Å². The highest BCUT2D eigenvalue weighted by atomic mass is 19.1. The van der Waals surface area contributed by atoms with Crippen LogP contribution in [-0.4, -0.2) is 17.7 Å². The molecule has 2 N–H and O–H groups in total. The summed E-state index contributed by atoms with van der Waals surface area (Å²) in [7, 11) is 0. The second-order valence-electron chi connectivity index (χ2n) is 5.25. The molecule has 1 aliphatic heterocycles.